The third kappa shape index (κ3) is 7.88. The lowest BCUT2D eigenvalue weighted by Gasteiger charge is -2.39. The van der Waals surface area contributed by atoms with Gasteiger partial charge in [0.1, 0.15) is 41.5 Å². The summed E-state index contributed by atoms with van der Waals surface area (Å²) in [6, 6.07) is 13.7. The second-order valence-corrected chi connectivity index (χ2v) is 11.7. The molecule has 2 aromatic rings. The SMILES string of the molecule is O=C(O)c1cc(NC(=S)NCCCCCCO[C@@H]2O[C@H](CO)[C@H](O)[C@H](O)[C@H]2O)ccc1-c1c2ccc(=O)cc-2oc2cc(O)ccc12. The van der Waals surface area contributed by atoms with Crippen LogP contribution in [0.25, 0.3) is 33.4 Å². The summed E-state index contributed by atoms with van der Waals surface area (Å²) in [6.07, 6.45) is -3.42. The molecule has 2 heterocycles. The van der Waals surface area contributed by atoms with E-state index in [0.29, 0.717) is 51.4 Å². The van der Waals surface area contributed by atoms with Crippen molar-refractivity contribution in [2.24, 2.45) is 0 Å². The first kappa shape index (κ1) is 34.2. The Balaban J connectivity index is 1.15. The number of unbranched alkanes of at least 4 members (excludes halogenated alkanes) is 3. The molecule has 1 aliphatic carbocycles. The van der Waals surface area contributed by atoms with Crippen molar-refractivity contribution in [1.82, 2.24) is 5.32 Å². The summed E-state index contributed by atoms with van der Waals surface area (Å²) in [5.74, 6) is -0.945. The molecule has 1 fully saturated rings. The van der Waals surface area contributed by atoms with Crippen LogP contribution in [0, 0.1) is 0 Å². The van der Waals surface area contributed by atoms with E-state index in [9.17, 15) is 40.2 Å². The van der Waals surface area contributed by atoms with E-state index in [2.05, 4.69) is 10.6 Å². The Bertz CT molecular complexity index is 1760. The van der Waals surface area contributed by atoms with Gasteiger partial charge in [-0.15, -0.1) is 0 Å². The molecular weight excluding hydrogens is 632 g/mol. The molecule has 3 aliphatic rings. The highest BCUT2D eigenvalue weighted by atomic mass is 32.1. The standard InChI is InChI=1S/C33H36N2O11S/c36-16-26-28(39)29(40)30(41)32(46-26)44-12-4-2-1-3-11-34-33(47)35-17-5-8-20(23(13-17)31(42)43)27-21-9-6-18(37)14-24(21)45-25-15-19(38)7-10-22(25)27/h5-10,13-15,26,28-30,32,36-37,39-41H,1-4,11-12,16H2,(H,42,43)(H2,34,35,47)/t26-,28+,29+,30-,32-/m1/s1. The highest BCUT2D eigenvalue weighted by Crippen LogP contribution is 2.42. The lowest BCUT2D eigenvalue weighted by atomic mass is 9.90. The lowest BCUT2D eigenvalue weighted by molar-refractivity contribution is -0.301. The zero-order valence-electron chi connectivity index (χ0n) is 25.2. The van der Waals surface area contributed by atoms with Crippen molar-refractivity contribution < 1.29 is 49.3 Å². The predicted molar refractivity (Wildman–Crippen MR) is 176 cm³/mol. The monoisotopic (exact) mass is 668 g/mol. The van der Waals surface area contributed by atoms with Crippen LogP contribution in [0.4, 0.5) is 5.69 Å². The Labute approximate surface area is 274 Å². The van der Waals surface area contributed by atoms with Gasteiger partial charge in [0.15, 0.2) is 16.8 Å². The predicted octanol–water partition coefficient (Wildman–Crippen LogP) is 2.63. The molecule has 0 bridgehead atoms. The number of fused-ring (bicyclic) bond motifs is 2. The van der Waals surface area contributed by atoms with Crippen molar-refractivity contribution in [3.8, 4) is 28.2 Å². The summed E-state index contributed by atoms with van der Waals surface area (Å²) in [6.45, 7) is 0.296. The molecule has 2 aliphatic heterocycles. The van der Waals surface area contributed by atoms with Gasteiger partial charge in [0.25, 0.3) is 0 Å². The van der Waals surface area contributed by atoms with Crippen molar-refractivity contribution in [3.05, 3.63) is 70.4 Å². The number of nitrogens with one attached hydrogen (secondary N) is 2. The zero-order valence-corrected chi connectivity index (χ0v) is 26.0. The largest absolute Gasteiger partial charge is 0.508 e. The van der Waals surface area contributed by atoms with Gasteiger partial charge in [-0.1, -0.05) is 18.9 Å². The summed E-state index contributed by atoms with van der Waals surface area (Å²) in [5, 5.41) is 66.2. The number of hydrogen-bond donors (Lipinski definition) is 8. The molecule has 8 N–H and O–H groups in total. The maximum Gasteiger partial charge on any atom is 0.336 e. The van der Waals surface area contributed by atoms with E-state index < -0.39 is 43.3 Å². The van der Waals surface area contributed by atoms with E-state index in [-0.39, 0.29) is 29.1 Å². The van der Waals surface area contributed by atoms with Crippen LogP contribution in [0.3, 0.4) is 0 Å². The van der Waals surface area contributed by atoms with Crippen molar-refractivity contribution in [1.29, 1.82) is 0 Å². The lowest BCUT2D eigenvalue weighted by Crippen LogP contribution is -2.59. The van der Waals surface area contributed by atoms with Crippen molar-refractivity contribution in [3.63, 3.8) is 0 Å². The number of carbonyl (C=O) groups is 1. The normalized spacial score (nSPS) is 21.1. The quantitative estimate of drug-likeness (QED) is 0.0620. The van der Waals surface area contributed by atoms with Gasteiger partial charge < -0.3 is 55.2 Å². The van der Waals surface area contributed by atoms with Crippen molar-refractivity contribution >= 4 is 40.0 Å². The summed E-state index contributed by atoms with van der Waals surface area (Å²) in [4.78, 5) is 24.5. The fourth-order valence-electron chi connectivity index (χ4n) is 5.53. The minimum absolute atomic E-state index is 0.00295. The van der Waals surface area contributed by atoms with E-state index in [0.717, 1.165) is 19.3 Å². The van der Waals surface area contributed by atoms with Gasteiger partial charge in [-0.25, -0.2) is 4.79 Å². The Kier molecular flexibility index (Phi) is 11.0. The molecule has 0 unspecified atom stereocenters. The number of carboxylic acid groups (broad SMARTS) is 1. The summed E-state index contributed by atoms with van der Waals surface area (Å²) in [5.41, 5.74) is 1.97. The van der Waals surface area contributed by atoms with Gasteiger partial charge in [0, 0.05) is 47.5 Å². The number of aliphatic hydroxyl groups is 4. The number of aromatic hydroxyl groups is 1. The number of aliphatic hydroxyl groups excluding tert-OH is 4. The van der Waals surface area contributed by atoms with Crippen LogP contribution in [0.2, 0.25) is 0 Å². The van der Waals surface area contributed by atoms with Crippen LogP contribution in [-0.4, -0.2) is 92.2 Å². The minimum atomic E-state index is -1.48. The first-order valence-corrected chi connectivity index (χ1v) is 15.5. The van der Waals surface area contributed by atoms with Gasteiger partial charge in [-0.2, -0.15) is 0 Å². The fraction of sp³-hybridized carbons (Fsp3) is 0.364. The van der Waals surface area contributed by atoms with Crippen LogP contribution >= 0.6 is 12.2 Å². The Hall–Kier alpha value is -4.15. The van der Waals surface area contributed by atoms with Crippen molar-refractivity contribution in [2.75, 3.05) is 25.1 Å². The minimum Gasteiger partial charge on any atom is -0.508 e. The second-order valence-electron chi connectivity index (χ2n) is 11.2. The Morgan fingerprint density at radius 1 is 0.915 bits per heavy atom. The molecule has 0 aromatic heterocycles. The number of phenolic OH excluding ortho intramolecular Hbond substituents is 1. The first-order valence-electron chi connectivity index (χ1n) is 15.1. The summed E-state index contributed by atoms with van der Waals surface area (Å²) < 4.78 is 16.7. The number of aromatic carboxylic acids is 1. The molecule has 1 saturated heterocycles. The van der Waals surface area contributed by atoms with Crippen LogP contribution in [0.1, 0.15) is 36.0 Å². The van der Waals surface area contributed by atoms with Gasteiger partial charge in [0.05, 0.1) is 12.2 Å². The van der Waals surface area contributed by atoms with Gasteiger partial charge in [0.2, 0.25) is 0 Å². The molecule has 0 spiro atoms. The van der Waals surface area contributed by atoms with Crippen LogP contribution in [0.15, 0.2) is 63.8 Å². The Morgan fingerprint density at radius 3 is 2.45 bits per heavy atom. The zero-order chi connectivity index (χ0) is 33.7. The summed E-state index contributed by atoms with van der Waals surface area (Å²) >= 11 is 5.41. The third-order valence-electron chi connectivity index (χ3n) is 7.94. The maximum absolute atomic E-state index is 12.4. The summed E-state index contributed by atoms with van der Waals surface area (Å²) in [7, 11) is 0. The number of thiocarbonyl (C=S) groups is 1. The molecule has 5 atom stereocenters. The molecule has 13 nitrogen and oxygen atoms in total. The fourth-order valence-corrected chi connectivity index (χ4v) is 5.75. The molecule has 0 saturated carbocycles. The molecule has 0 amide bonds. The van der Waals surface area contributed by atoms with Crippen LogP contribution < -0.4 is 16.1 Å². The number of ether oxygens (including phenoxy) is 2. The molecule has 250 valence electrons. The average molecular weight is 669 g/mol. The molecule has 5 rings (SSSR count). The van der Waals surface area contributed by atoms with Gasteiger partial charge >= 0.3 is 5.97 Å². The molecule has 2 aromatic carbocycles. The number of anilines is 1. The van der Waals surface area contributed by atoms with Crippen LogP contribution in [0.5, 0.6) is 5.75 Å². The molecular formula is C33H36N2O11S. The smallest absolute Gasteiger partial charge is 0.336 e. The number of phenols is 1. The van der Waals surface area contributed by atoms with E-state index in [1.165, 1.54) is 30.3 Å². The van der Waals surface area contributed by atoms with Gasteiger partial charge in [-0.3, -0.25) is 4.79 Å². The number of rotatable bonds is 12. The molecule has 47 heavy (non-hydrogen) atoms. The second kappa shape index (κ2) is 15.2. The molecule has 0 radical (unpaired) electrons. The topological polar surface area (TPSA) is 211 Å². The number of benzene rings is 3. The van der Waals surface area contributed by atoms with E-state index in [4.69, 9.17) is 26.1 Å². The highest BCUT2D eigenvalue weighted by Gasteiger charge is 2.43. The third-order valence-corrected chi connectivity index (χ3v) is 8.19. The number of hydrogen-bond acceptors (Lipinski definition) is 11. The first-order chi connectivity index (χ1) is 22.6. The molecule has 14 heteroatoms. The van der Waals surface area contributed by atoms with Crippen LogP contribution in [-0.2, 0) is 9.47 Å². The average Bonchev–Trinajstić information content (AvgIpc) is 3.04. The van der Waals surface area contributed by atoms with E-state index >= 15 is 0 Å². The maximum atomic E-state index is 12.4. The van der Waals surface area contributed by atoms with E-state index in [1.54, 1.807) is 24.3 Å². The van der Waals surface area contributed by atoms with Crippen molar-refractivity contribution in [2.45, 2.75) is 56.4 Å². The van der Waals surface area contributed by atoms with Gasteiger partial charge in [-0.05, 0) is 67.0 Å². The highest BCUT2D eigenvalue weighted by molar-refractivity contribution is 7.80. The van der Waals surface area contributed by atoms with E-state index in [1.807, 2.05) is 0 Å². The Morgan fingerprint density at radius 2 is 1.68 bits per heavy atom. The number of carboxylic acids is 1.